The minimum atomic E-state index is -3.65. The summed E-state index contributed by atoms with van der Waals surface area (Å²) in [7, 11) is -2.19. The van der Waals surface area contributed by atoms with Crippen molar-refractivity contribution in [1.29, 1.82) is 10.8 Å². The first-order valence-electron chi connectivity index (χ1n) is 7.39. The molecule has 0 aliphatic carbocycles. The van der Waals surface area contributed by atoms with Crippen molar-refractivity contribution in [3.63, 3.8) is 0 Å². The standard InChI is InChI=1S/C16H13Cl2N5O3S/c1-26-11-4-3-10(17)12(13(11)18)9-5-8-6-21-16(27(2,24)25)22-15(8)23(7-19)14(9)20/h3-7,19-20H,1-2H3. The van der Waals surface area contributed by atoms with Gasteiger partial charge in [0.1, 0.15) is 11.2 Å². The van der Waals surface area contributed by atoms with E-state index < -0.39 is 15.0 Å². The van der Waals surface area contributed by atoms with Crippen LogP contribution in [0.2, 0.25) is 10.0 Å². The average Bonchev–Trinajstić information content (AvgIpc) is 2.61. The van der Waals surface area contributed by atoms with Crippen molar-refractivity contribution >= 4 is 50.4 Å². The molecule has 0 unspecified atom stereocenters. The number of sulfone groups is 1. The molecule has 2 aromatic heterocycles. The predicted octanol–water partition coefficient (Wildman–Crippen LogP) is 2.75. The molecule has 11 heteroatoms. The van der Waals surface area contributed by atoms with Crippen LogP contribution in [0.3, 0.4) is 0 Å². The third kappa shape index (κ3) is 3.29. The van der Waals surface area contributed by atoms with Crippen LogP contribution in [0.1, 0.15) is 0 Å². The van der Waals surface area contributed by atoms with Crippen LogP contribution in [0.15, 0.2) is 29.6 Å². The lowest BCUT2D eigenvalue weighted by atomic mass is 10.1. The molecular formula is C16H13Cl2N5O3S. The number of aromatic nitrogens is 3. The first kappa shape index (κ1) is 19.3. The van der Waals surface area contributed by atoms with Crippen LogP contribution in [0.25, 0.3) is 22.2 Å². The number of rotatable bonds is 4. The summed E-state index contributed by atoms with van der Waals surface area (Å²) in [5.41, 5.74) is 0.625. The minimum absolute atomic E-state index is 0.101. The third-order valence-electron chi connectivity index (χ3n) is 3.80. The topological polar surface area (TPSA) is 122 Å². The Balaban J connectivity index is 2.43. The zero-order chi connectivity index (χ0) is 19.9. The van der Waals surface area contributed by atoms with Gasteiger partial charge in [-0.1, -0.05) is 23.2 Å². The minimum Gasteiger partial charge on any atom is -0.495 e. The van der Waals surface area contributed by atoms with Gasteiger partial charge in [0.25, 0.3) is 0 Å². The lowest BCUT2D eigenvalue weighted by Gasteiger charge is -2.14. The van der Waals surface area contributed by atoms with Gasteiger partial charge in [-0.2, -0.15) is 4.98 Å². The van der Waals surface area contributed by atoms with Gasteiger partial charge in [-0.15, -0.1) is 0 Å². The first-order chi connectivity index (χ1) is 12.7. The van der Waals surface area contributed by atoms with Gasteiger partial charge in [-0.3, -0.25) is 15.4 Å². The van der Waals surface area contributed by atoms with E-state index in [4.69, 9.17) is 38.8 Å². The van der Waals surface area contributed by atoms with Crippen molar-refractivity contribution in [3.05, 3.63) is 39.9 Å². The van der Waals surface area contributed by atoms with Crippen molar-refractivity contribution < 1.29 is 13.2 Å². The third-order valence-corrected chi connectivity index (χ3v) is 5.35. The Kier molecular flexibility index (Phi) is 4.94. The average molecular weight is 426 g/mol. The molecule has 0 fully saturated rings. The summed E-state index contributed by atoms with van der Waals surface area (Å²) in [5, 5.41) is 16.6. The largest absolute Gasteiger partial charge is 0.495 e. The van der Waals surface area contributed by atoms with E-state index in [9.17, 15) is 8.42 Å². The van der Waals surface area contributed by atoms with Gasteiger partial charge in [-0.05, 0) is 18.2 Å². The SMILES string of the molecule is COc1ccc(Cl)c(-c2cc3cnc(S(C)(=O)=O)nc3n(C=N)c2=N)c1Cl. The Bertz CT molecular complexity index is 1260. The molecule has 0 radical (unpaired) electrons. The zero-order valence-electron chi connectivity index (χ0n) is 14.1. The maximum atomic E-state index is 11.7. The molecule has 0 aliphatic heterocycles. The summed E-state index contributed by atoms with van der Waals surface area (Å²) >= 11 is 12.7. The van der Waals surface area contributed by atoms with Crippen molar-refractivity contribution in [2.45, 2.75) is 5.16 Å². The number of hydrogen-bond donors (Lipinski definition) is 2. The second kappa shape index (κ2) is 6.91. The van der Waals surface area contributed by atoms with Crippen LogP contribution >= 0.6 is 23.2 Å². The van der Waals surface area contributed by atoms with Gasteiger partial charge in [0.2, 0.25) is 15.0 Å². The molecule has 0 bridgehead atoms. The molecule has 8 nitrogen and oxygen atoms in total. The van der Waals surface area contributed by atoms with E-state index in [1.807, 2.05) is 0 Å². The van der Waals surface area contributed by atoms with Gasteiger partial charge >= 0.3 is 0 Å². The van der Waals surface area contributed by atoms with E-state index in [0.717, 1.165) is 17.2 Å². The van der Waals surface area contributed by atoms with Crippen LogP contribution in [-0.2, 0) is 9.84 Å². The lowest BCUT2D eigenvalue weighted by Crippen LogP contribution is -2.23. The Hall–Kier alpha value is -2.49. The van der Waals surface area contributed by atoms with E-state index in [1.165, 1.54) is 13.3 Å². The Morgan fingerprint density at radius 1 is 1.30 bits per heavy atom. The molecule has 27 heavy (non-hydrogen) atoms. The fraction of sp³-hybridized carbons (Fsp3) is 0.125. The lowest BCUT2D eigenvalue weighted by molar-refractivity contribution is 0.415. The summed E-state index contributed by atoms with van der Waals surface area (Å²) in [6.45, 7) is 0. The molecular weight excluding hydrogens is 413 g/mol. The van der Waals surface area contributed by atoms with Crippen LogP contribution in [-0.4, -0.2) is 42.7 Å². The number of halogens is 2. The van der Waals surface area contributed by atoms with Crippen molar-refractivity contribution in [2.24, 2.45) is 0 Å². The zero-order valence-corrected chi connectivity index (χ0v) is 16.4. The van der Waals surface area contributed by atoms with E-state index in [-0.39, 0.29) is 16.2 Å². The van der Waals surface area contributed by atoms with E-state index in [1.54, 1.807) is 18.2 Å². The number of methoxy groups -OCH3 is 1. The van der Waals surface area contributed by atoms with Gasteiger partial charge in [0, 0.05) is 29.0 Å². The van der Waals surface area contributed by atoms with Crippen LogP contribution < -0.4 is 10.2 Å². The molecule has 2 N–H and O–H groups in total. The van der Waals surface area contributed by atoms with Crippen LogP contribution in [0, 0.1) is 10.8 Å². The summed E-state index contributed by atoms with van der Waals surface area (Å²) in [4.78, 5) is 7.85. The van der Waals surface area contributed by atoms with Crippen LogP contribution in [0.4, 0.5) is 0 Å². The fourth-order valence-corrected chi connectivity index (χ4v) is 3.70. The first-order valence-corrected chi connectivity index (χ1v) is 10.0. The Morgan fingerprint density at radius 2 is 2.00 bits per heavy atom. The van der Waals surface area contributed by atoms with E-state index >= 15 is 0 Å². The molecule has 0 aliphatic rings. The summed E-state index contributed by atoms with van der Waals surface area (Å²) in [6.07, 6.45) is 3.15. The summed E-state index contributed by atoms with van der Waals surface area (Å²) in [6, 6.07) is 4.75. The van der Waals surface area contributed by atoms with Crippen molar-refractivity contribution in [2.75, 3.05) is 13.4 Å². The highest BCUT2D eigenvalue weighted by atomic mass is 35.5. The smallest absolute Gasteiger partial charge is 0.248 e. The number of pyridine rings is 1. The van der Waals surface area contributed by atoms with Crippen molar-refractivity contribution in [3.8, 4) is 16.9 Å². The van der Waals surface area contributed by atoms with Gasteiger partial charge in [-0.25, -0.2) is 13.4 Å². The normalized spacial score (nSPS) is 11.6. The molecule has 2 heterocycles. The second-order valence-corrected chi connectivity index (χ2v) is 8.24. The quantitative estimate of drug-likeness (QED) is 0.378. The molecule has 0 amide bonds. The maximum absolute atomic E-state index is 11.7. The van der Waals surface area contributed by atoms with Gasteiger partial charge in [0.05, 0.1) is 23.5 Å². The number of hydrogen-bond acceptors (Lipinski definition) is 7. The molecule has 0 saturated heterocycles. The molecule has 140 valence electrons. The van der Waals surface area contributed by atoms with E-state index in [0.29, 0.717) is 27.3 Å². The summed E-state index contributed by atoms with van der Waals surface area (Å²) in [5.74, 6) is 0.376. The highest BCUT2D eigenvalue weighted by Crippen LogP contribution is 2.39. The molecule has 0 spiro atoms. The van der Waals surface area contributed by atoms with Gasteiger partial charge in [0.15, 0.2) is 5.65 Å². The highest BCUT2D eigenvalue weighted by Gasteiger charge is 2.19. The van der Waals surface area contributed by atoms with Crippen LogP contribution in [0.5, 0.6) is 5.75 Å². The number of ether oxygens (including phenoxy) is 1. The monoisotopic (exact) mass is 425 g/mol. The highest BCUT2D eigenvalue weighted by molar-refractivity contribution is 7.90. The Morgan fingerprint density at radius 3 is 2.59 bits per heavy atom. The number of benzene rings is 1. The number of nitrogens with one attached hydrogen (secondary N) is 2. The molecule has 0 saturated carbocycles. The number of fused-ring (bicyclic) bond motifs is 1. The fourth-order valence-electron chi connectivity index (χ4n) is 2.55. The van der Waals surface area contributed by atoms with Gasteiger partial charge < -0.3 is 4.74 Å². The summed E-state index contributed by atoms with van der Waals surface area (Å²) < 4.78 is 29.8. The Labute approximate surface area is 164 Å². The maximum Gasteiger partial charge on any atom is 0.248 e. The van der Waals surface area contributed by atoms with E-state index in [2.05, 4.69) is 9.97 Å². The molecule has 3 rings (SSSR count). The van der Waals surface area contributed by atoms with Crippen molar-refractivity contribution in [1.82, 2.24) is 14.5 Å². The molecule has 3 aromatic rings. The predicted molar refractivity (Wildman–Crippen MR) is 103 cm³/mol. The molecule has 0 atom stereocenters. The molecule has 1 aromatic carbocycles. The second-order valence-electron chi connectivity index (χ2n) is 5.55. The number of nitrogens with zero attached hydrogens (tertiary/aromatic N) is 3.